The van der Waals surface area contributed by atoms with Gasteiger partial charge in [0.25, 0.3) is 0 Å². The molecule has 430 valence electrons. The van der Waals surface area contributed by atoms with Crippen LogP contribution in [-0.2, 0) is 6.42 Å². The predicted octanol–water partition coefficient (Wildman–Crippen LogP) is 25.1. The van der Waals surface area contributed by atoms with Crippen molar-refractivity contribution in [3.05, 3.63) is 297 Å². The molecule has 0 saturated carbocycles. The summed E-state index contributed by atoms with van der Waals surface area (Å²) in [7, 11) is 0. The van der Waals surface area contributed by atoms with Gasteiger partial charge in [-0.05, 0) is 131 Å². The molecule has 0 N–H and O–H groups in total. The van der Waals surface area contributed by atoms with E-state index in [2.05, 4.69) is 341 Å². The predicted molar refractivity (Wildman–Crippen MR) is 369 cm³/mol. The summed E-state index contributed by atoms with van der Waals surface area (Å²) in [6.45, 7) is 34.2. The van der Waals surface area contributed by atoms with Gasteiger partial charge in [-0.15, -0.1) is 0 Å². The van der Waals surface area contributed by atoms with Crippen LogP contribution in [0.3, 0.4) is 0 Å². The number of hydrogen-bond acceptors (Lipinski definition) is 0. The van der Waals surface area contributed by atoms with Crippen molar-refractivity contribution >= 4 is 10.8 Å². The summed E-state index contributed by atoms with van der Waals surface area (Å²) in [6, 6.07) is 82.4. The Morgan fingerprint density at radius 1 is 0.195 bits per heavy atom. The molecule has 0 fully saturated rings. The molecule has 0 nitrogen and oxygen atoms in total. The Morgan fingerprint density at radius 2 is 0.378 bits per heavy atom. The minimum atomic E-state index is 1.03. The molecular formula is C82H102. The van der Waals surface area contributed by atoms with Crippen molar-refractivity contribution in [3.8, 4) is 33.4 Å². The summed E-state index contributed by atoms with van der Waals surface area (Å²) < 4.78 is 0. The first-order chi connectivity index (χ1) is 39.5. The van der Waals surface area contributed by atoms with E-state index in [1.807, 2.05) is 0 Å². The summed E-state index contributed by atoms with van der Waals surface area (Å²) in [5.41, 5.74) is 23.6. The van der Waals surface area contributed by atoms with Crippen LogP contribution in [0.1, 0.15) is 153 Å². The van der Waals surface area contributed by atoms with Crippen LogP contribution < -0.4 is 0 Å². The zero-order valence-electron chi connectivity index (χ0n) is 53.6. The van der Waals surface area contributed by atoms with Crippen molar-refractivity contribution in [3.63, 3.8) is 0 Å². The lowest BCUT2D eigenvalue weighted by Crippen LogP contribution is -1.88. The normalized spacial score (nSPS) is 9.85. The summed E-state index contributed by atoms with van der Waals surface area (Å²) in [6.07, 6.45) is 10.5. The van der Waals surface area contributed by atoms with E-state index in [1.165, 1.54) is 156 Å². The molecular weight excluding hydrogens is 985 g/mol. The van der Waals surface area contributed by atoms with Gasteiger partial charge in [0, 0.05) is 0 Å². The summed E-state index contributed by atoms with van der Waals surface area (Å²) in [4.78, 5) is 0. The van der Waals surface area contributed by atoms with Gasteiger partial charge < -0.3 is 0 Å². The van der Waals surface area contributed by atoms with Crippen molar-refractivity contribution in [2.45, 2.75) is 162 Å². The highest BCUT2D eigenvalue weighted by Gasteiger charge is 2.01. The molecule has 10 rings (SSSR count). The Hall–Kier alpha value is -7.54. The minimum absolute atomic E-state index is 1.03. The van der Waals surface area contributed by atoms with E-state index in [1.54, 1.807) is 0 Å². The first-order valence-electron chi connectivity index (χ1n) is 30.5. The number of unbranched alkanes of at least 4 members (excludes halogenated alkanes) is 4. The van der Waals surface area contributed by atoms with Gasteiger partial charge >= 0.3 is 0 Å². The van der Waals surface area contributed by atoms with Crippen molar-refractivity contribution in [1.29, 1.82) is 0 Å². The number of fused-ring (bicyclic) bond motifs is 1. The maximum atomic E-state index is 2.23. The van der Waals surface area contributed by atoms with E-state index in [0.29, 0.717) is 0 Å². The fourth-order valence-electron chi connectivity index (χ4n) is 8.11. The molecule has 0 saturated heterocycles. The van der Waals surface area contributed by atoms with Crippen LogP contribution >= 0.6 is 0 Å². The maximum Gasteiger partial charge on any atom is -0.00258 e. The topological polar surface area (TPSA) is 0 Å². The van der Waals surface area contributed by atoms with E-state index in [-0.39, 0.29) is 0 Å². The zero-order chi connectivity index (χ0) is 60.1. The highest BCUT2D eigenvalue weighted by atomic mass is 14.1. The SMILES string of the molecule is CCC.CCCC.CCCCCC.Cc1ccc(-c2ccc(-c3ccc(C)cc3)cc2)cc1.Cc1ccc(-c2ccc(C)cc2)cc1.Cc1ccc(C)cc1.Cc1ccc(Cc2ccc(C)cc2)cc1.Cc1ccc2ccc(C)cc2c1. The molecule has 0 heterocycles. The van der Waals surface area contributed by atoms with Crippen LogP contribution in [0.25, 0.3) is 44.2 Å². The van der Waals surface area contributed by atoms with Gasteiger partial charge in [0.05, 0.1) is 0 Å². The molecule has 82 heavy (non-hydrogen) atoms. The molecule has 0 radical (unpaired) electrons. The van der Waals surface area contributed by atoms with E-state index in [0.717, 1.165) is 6.42 Å². The molecule has 0 amide bonds. The van der Waals surface area contributed by atoms with Crippen LogP contribution in [0.15, 0.2) is 231 Å². The molecule has 0 aliphatic carbocycles. The second kappa shape index (κ2) is 39.8. The maximum absolute atomic E-state index is 2.23. The number of aryl methyl sites for hydroxylation is 10. The quantitative estimate of drug-likeness (QED) is 0.126. The Balaban J connectivity index is 0.000000260. The second-order valence-electron chi connectivity index (χ2n) is 22.1. The average molecular weight is 1090 g/mol. The van der Waals surface area contributed by atoms with Crippen LogP contribution in [0.5, 0.6) is 0 Å². The Kier molecular flexibility index (Phi) is 33.3. The van der Waals surface area contributed by atoms with E-state index < -0.39 is 0 Å². The number of rotatable bonds is 9. The lowest BCUT2D eigenvalue weighted by atomic mass is 9.99. The standard InChI is InChI=1S/C20H18.C15H16.C14H14.C12H12.C8H10.C6H14.C4H10.C3H8/c1-15-3-7-17(8-4-15)19-11-13-20(14-12-19)18-9-5-16(2)6-10-18;1-12-3-7-14(8-4-12)11-15-9-5-13(2)6-10-15;1-11-3-7-13(8-4-11)14-9-5-12(2)6-10-14;1-9-3-5-11-6-4-10(2)8-12(11)7-9;1-7-3-5-8(2)6-4-7;1-3-5-6-4-2;1-3-4-2;1-3-2/h3-14H,1-2H3;3-10H,11H2,1-2H3;3-10H,1-2H3;3-8H,1-2H3;3-6H,1-2H3;3-6H2,1-2H3;3-4H2,1-2H3;3H2,1-2H3. The Morgan fingerprint density at radius 3 is 0.585 bits per heavy atom. The van der Waals surface area contributed by atoms with Crippen LogP contribution in [0.4, 0.5) is 0 Å². The van der Waals surface area contributed by atoms with Gasteiger partial charge in [0.15, 0.2) is 0 Å². The zero-order valence-corrected chi connectivity index (χ0v) is 53.6. The second-order valence-corrected chi connectivity index (χ2v) is 22.1. The summed E-state index contributed by atoms with van der Waals surface area (Å²) >= 11 is 0. The summed E-state index contributed by atoms with van der Waals surface area (Å²) in [5.74, 6) is 0. The molecule has 10 aromatic rings. The molecule has 10 aromatic carbocycles. The van der Waals surface area contributed by atoms with Crippen molar-refractivity contribution in [2.24, 2.45) is 0 Å². The highest BCUT2D eigenvalue weighted by Crippen LogP contribution is 2.26. The van der Waals surface area contributed by atoms with Gasteiger partial charge in [0.1, 0.15) is 0 Å². The first-order valence-corrected chi connectivity index (χ1v) is 30.5. The molecule has 0 spiro atoms. The Bertz CT molecular complexity index is 2970. The van der Waals surface area contributed by atoms with Crippen molar-refractivity contribution in [1.82, 2.24) is 0 Å². The molecule has 0 heteroatoms. The number of benzene rings is 10. The molecule has 0 aliphatic heterocycles. The fraction of sp³-hybridized carbons (Fsp3) is 0.293. The van der Waals surface area contributed by atoms with Gasteiger partial charge in [-0.2, -0.15) is 0 Å². The smallest absolute Gasteiger partial charge is 0.00258 e. The molecule has 0 atom stereocenters. The van der Waals surface area contributed by atoms with Crippen molar-refractivity contribution < 1.29 is 0 Å². The van der Waals surface area contributed by atoms with E-state index in [9.17, 15) is 0 Å². The lowest BCUT2D eigenvalue weighted by molar-refractivity contribution is 0.702. The fourth-order valence-corrected chi connectivity index (χ4v) is 8.11. The molecule has 0 aromatic heterocycles. The third kappa shape index (κ3) is 28.2. The lowest BCUT2D eigenvalue weighted by Gasteiger charge is -2.06. The minimum Gasteiger partial charge on any atom is -0.0656 e. The average Bonchev–Trinajstić information content (AvgIpc) is 3.51. The first kappa shape index (κ1) is 68.7. The Labute approximate surface area is 500 Å². The van der Waals surface area contributed by atoms with Crippen LogP contribution in [-0.4, -0.2) is 0 Å². The van der Waals surface area contributed by atoms with Crippen molar-refractivity contribution in [2.75, 3.05) is 0 Å². The highest BCUT2D eigenvalue weighted by molar-refractivity contribution is 5.83. The third-order valence-electron chi connectivity index (χ3n) is 13.6. The van der Waals surface area contributed by atoms with Gasteiger partial charge in [0.2, 0.25) is 0 Å². The van der Waals surface area contributed by atoms with E-state index in [4.69, 9.17) is 0 Å². The molecule has 0 bridgehead atoms. The molecule has 0 aliphatic rings. The van der Waals surface area contributed by atoms with Crippen LogP contribution in [0, 0.1) is 69.2 Å². The van der Waals surface area contributed by atoms with Crippen LogP contribution in [0.2, 0.25) is 0 Å². The summed E-state index contributed by atoms with van der Waals surface area (Å²) in [5, 5.41) is 2.67. The van der Waals surface area contributed by atoms with Gasteiger partial charge in [-0.3, -0.25) is 0 Å². The molecule has 0 unspecified atom stereocenters. The largest absolute Gasteiger partial charge is 0.0656 e. The number of hydrogen-bond donors (Lipinski definition) is 0. The van der Waals surface area contributed by atoms with E-state index >= 15 is 0 Å². The van der Waals surface area contributed by atoms with Gasteiger partial charge in [-0.25, -0.2) is 0 Å². The van der Waals surface area contributed by atoms with Gasteiger partial charge in [-0.1, -0.05) is 373 Å². The monoisotopic (exact) mass is 1090 g/mol. The third-order valence-corrected chi connectivity index (χ3v) is 13.6.